The molecule has 5 heteroatoms. The van der Waals surface area contributed by atoms with Crippen LogP contribution in [0.2, 0.25) is 0 Å². The highest BCUT2D eigenvalue weighted by molar-refractivity contribution is 14.1. The van der Waals surface area contributed by atoms with Gasteiger partial charge in [-0.1, -0.05) is 12.1 Å². The average molecular weight is 417 g/mol. The zero-order valence-electron chi connectivity index (χ0n) is 12.9. The highest BCUT2D eigenvalue weighted by Gasteiger charge is 2.15. The maximum atomic E-state index is 12.5. The monoisotopic (exact) mass is 417 g/mol. The van der Waals surface area contributed by atoms with Crippen LogP contribution in [0.25, 0.3) is 5.69 Å². The molecule has 2 aromatic carbocycles. The third kappa shape index (κ3) is 3.44. The minimum Gasteiger partial charge on any atom is -0.322 e. The quantitative estimate of drug-likeness (QED) is 0.645. The van der Waals surface area contributed by atoms with Crippen LogP contribution in [0.4, 0.5) is 5.69 Å². The minimum atomic E-state index is -0.150. The number of carbonyl (C=O) groups excluding carboxylic acids is 1. The standard InChI is InChI=1S/C18H16IN3O/c1-12-4-3-5-16(10-12)22-13(2)17(11-20-22)18(23)21-15-8-6-14(19)7-9-15/h3-11H,1-2H3,(H,21,23). The second-order valence-corrected chi connectivity index (χ2v) is 6.60. The molecule has 0 atom stereocenters. The van der Waals surface area contributed by atoms with Crippen molar-refractivity contribution in [2.75, 3.05) is 5.32 Å². The molecule has 1 heterocycles. The number of nitrogens with zero attached hydrogens (tertiary/aromatic N) is 2. The van der Waals surface area contributed by atoms with E-state index in [1.165, 1.54) is 0 Å². The Morgan fingerprint density at radius 1 is 1.13 bits per heavy atom. The van der Waals surface area contributed by atoms with Crippen LogP contribution in [-0.4, -0.2) is 15.7 Å². The number of benzene rings is 2. The van der Waals surface area contributed by atoms with E-state index in [1.807, 2.05) is 62.4 Å². The summed E-state index contributed by atoms with van der Waals surface area (Å²) >= 11 is 2.23. The molecular weight excluding hydrogens is 401 g/mol. The lowest BCUT2D eigenvalue weighted by Crippen LogP contribution is -2.13. The number of hydrogen-bond acceptors (Lipinski definition) is 2. The molecular formula is C18H16IN3O. The van der Waals surface area contributed by atoms with Crippen molar-refractivity contribution in [1.29, 1.82) is 0 Å². The van der Waals surface area contributed by atoms with E-state index in [9.17, 15) is 4.79 Å². The first-order chi connectivity index (χ1) is 11.0. The molecule has 1 amide bonds. The molecule has 0 fully saturated rings. The molecule has 0 saturated carbocycles. The van der Waals surface area contributed by atoms with Gasteiger partial charge in [0.15, 0.2) is 0 Å². The van der Waals surface area contributed by atoms with E-state index in [0.29, 0.717) is 5.56 Å². The van der Waals surface area contributed by atoms with Crippen LogP contribution in [-0.2, 0) is 0 Å². The predicted molar refractivity (Wildman–Crippen MR) is 100 cm³/mol. The van der Waals surface area contributed by atoms with Gasteiger partial charge in [-0.25, -0.2) is 4.68 Å². The molecule has 23 heavy (non-hydrogen) atoms. The number of halogens is 1. The van der Waals surface area contributed by atoms with Crippen LogP contribution in [0.5, 0.6) is 0 Å². The van der Waals surface area contributed by atoms with Crippen molar-refractivity contribution < 1.29 is 4.79 Å². The van der Waals surface area contributed by atoms with E-state index in [2.05, 4.69) is 33.0 Å². The lowest BCUT2D eigenvalue weighted by atomic mass is 10.2. The Morgan fingerprint density at radius 2 is 1.87 bits per heavy atom. The van der Waals surface area contributed by atoms with E-state index < -0.39 is 0 Å². The number of anilines is 1. The fourth-order valence-electron chi connectivity index (χ4n) is 2.38. The average Bonchev–Trinajstić information content (AvgIpc) is 2.91. The molecule has 3 rings (SSSR count). The van der Waals surface area contributed by atoms with E-state index in [-0.39, 0.29) is 5.91 Å². The van der Waals surface area contributed by atoms with Crippen molar-refractivity contribution >= 4 is 34.2 Å². The molecule has 116 valence electrons. The van der Waals surface area contributed by atoms with Crippen LogP contribution >= 0.6 is 22.6 Å². The molecule has 3 aromatic rings. The Kier molecular flexibility index (Phi) is 4.47. The van der Waals surface area contributed by atoms with Gasteiger partial charge in [0.2, 0.25) is 0 Å². The molecule has 4 nitrogen and oxygen atoms in total. The summed E-state index contributed by atoms with van der Waals surface area (Å²) in [5.41, 5.74) is 4.28. The van der Waals surface area contributed by atoms with Crippen molar-refractivity contribution in [3.63, 3.8) is 0 Å². The molecule has 0 spiro atoms. The maximum Gasteiger partial charge on any atom is 0.259 e. The summed E-state index contributed by atoms with van der Waals surface area (Å²) in [6, 6.07) is 15.7. The summed E-state index contributed by atoms with van der Waals surface area (Å²) in [7, 11) is 0. The Labute approximate surface area is 148 Å². The highest BCUT2D eigenvalue weighted by atomic mass is 127. The third-order valence-corrected chi connectivity index (χ3v) is 4.32. The van der Waals surface area contributed by atoms with E-state index in [0.717, 1.165) is 26.2 Å². The first kappa shape index (κ1) is 15.7. The maximum absolute atomic E-state index is 12.5. The van der Waals surface area contributed by atoms with Gasteiger partial charge in [-0.05, 0) is 78.4 Å². The SMILES string of the molecule is Cc1cccc(-n2ncc(C(=O)Nc3ccc(I)cc3)c2C)c1. The van der Waals surface area contributed by atoms with Crippen molar-refractivity contribution in [3.05, 3.63) is 75.1 Å². The molecule has 1 N–H and O–H groups in total. The summed E-state index contributed by atoms with van der Waals surface area (Å²) in [5.74, 6) is -0.150. The van der Waals surface area contributed by atoms with Crippen LogP contribution in [0.3, 0.4) is 0 Å². The zero-order valence-corrected chi connectivity index (χ0v) is 15.0. The van der Waals surface area contributed by atoms with Gasteiger partial charge in [-0.15, -0.1) is 0 Å². The number of rotatable bonds is 3. The summed E-state index contributed by atoms with van der Waals surface area (Å²) < 4.78 is 2.92. The second-order valence-electron chi connectivity index (χ2n) is 5.36. The molecule has 0 bridgehead atoms. The predicted octanol–water partition coefficient (Wildman–Crippen LogP) is 4.35. The molecule has 1 aromatic heterocycles. The van der Waals surface area contributed by atoms with Gasteiger partial charge in [0, 0.05) is 9.26 Å². The zero-order chi connectivity index (χ0) is 16.4. The van der Waals surface area contributed by atoms with Crippen molar-refractivity contribution in [2.45, 2.75) is 13.8 Å². The third-order valence-electron chi connectivity index (χ3n) is 3.60. The van der Waals surface area contributed by atoms with E-state index in [1.54, 1.807) is 10.9 Å². The normalized spacial score (nSPS) is 10.6. The number of aryl methyl sites for hydroxylation is 1. The van der Waals surface area contributed by atoms with Crippen molar-refractivity contribution in [2.24, 2.45) is 0 Å². The largest absolute Gasteiger partial charge is 0.322 e. The van der Waals surface area contributed by atoms with Gasteiger partial charge in [-0.2, -0.15) is 5.10 Å². The molecule has 0 saturated heterocycles. The number of nitrogens with one attached hydrogen (secondary N) is 1. The van der Waals surface area contributed by atoms with Crippen LogP contribution in [0.15, 0.2) is 54.7 Å². The van der Waals surface area contributed by atoms with Gasteiger partial charge in [0.1, 0.15) is 0 Å². The van der Waals surface area contributed by atoms with Gasteiger partial charge in [0.25, 0.3) is 5.91 Å². The summed E-state index contributed by atoms with van der Waals surface area (Å²) in [6.07, 6.45) is 1.61. The second kappa shape index (κ2) is 6.54. The van der Waals surface area contributed by atoms with Crippen LogP contribution < -0.4 is 5.32 Å². The Morgan fingerprint density at radius 3 is 2.57 bits per heavy atom. The van der Waals surface area contributed by atoms with Crippen LogP contribution in [0.1, 0.15) is 21.6 Å². The smallest absolute Gasteiger partial charge is 0.259 e. The fraction of sp³-hybridized carbons (Fsp3) is 0.111. The summed E-state index contributed by atoms with van der Waals surface area (Å²) in [4.78, 5) is 12.5. The Hall–Kier alpha value is -2.15. The topological polar surface area (TPSA) is 46.9 Å². The van der Waals surface area contributed by atoms with Gasteiger partial charge < -0.3 is 5.32 Å². The molecule has 0 aliphatic carbocycles. The Balaban J connectivity index is 1.86. The fourth-order valence-corrected chi connectivity index (χ4v) is 2.74. The van der Waals surface area contributed by atoms with Gasteiger partial charge in [0.05, 0.1) is 23.1 Å². The number of hydrogen-bond donors (Lipinski definition) is 1. The number of aromatic nitrogens is 2. The molecule has 0 radical (unpaired) electrons. The minimum absolute atomic E-state index is 0.150. The first-order valence-electron chi connectivity index (χ1n) is 7.23. The van der Waals surface area contributed by atoms with Gasteiger partial charge in [-0.3, -0.25) is 4.79 Å². The van der Waals surface area contributed by atoms with Crippen LogP contribution in [0, 0.1) is 17.4 Å². The van der Waals surface area contributed by atoms with Crippen molar-refractivity contribution in [1.82, 2.24) is 9.78 Å². The Bertz CT molecular complexity index is 853. The summed E-state index contributed by atoms with van der Waals surface area (Å²) in [5, 5.41) is 7.27. The van der Waals surface area contributed by atoms with E-state index in [4.69, 9.17) is 0 Å². The first-order valence-corrected chi connectivity index (χ1v) is 8.31. The number of carbonyl (C=O) groups is 1. The lowest BCUT2D eigenvalue weighted by Gasteiger charge is -2.07. The molecule has 0 aliphatic rings. The summed E-state index contributed by atoms with van der Waals surface area (Å²) in [6.45, 7) is 3.94. The number of amides is 1. The van der Waals surface area contributed by atoms with Crippen molar-refractivity contribution in [3.8, 4) is 5.69 Å². The molecule has 0 unspecified atom stereocenters. The lowest BCUT2D eigenvalue weighted by molar-refractivity contribution is 0.102. The molecule has 0 aliphatic heterocycles. The van der Waals surface area contributed by atoms with Gasteiger partial charge >= 0.3 is 0 Å². The highest BCUT2D eigenvalue weighted by Crippen LogP contribution is 2.17. The van der Waals surface area contributed by atoms with E-state index >= 15 is 0 Å².